The summed E-state index contributed by atoms with van der Waals surface area (Å²) in [7, 11) is 3.15. The second-order valence-electron chi connectivity index (χ2n) is 6.02. The number of hydrogen-bond acceptors (Lipinski definition) is 4. The van der Waals surface area contributed by atoms with Gasteiger partial charge in [-0.05, 0) is 55.0 Å². The van der Waals surface area contributed by atoms with Crippen molar-refractivity contribution in [3.63, 3.8) is 0 Å². The number of ether oxygens (including phenoxy) is 2. The number of methoxy groups -OCH3 is 2. The van der Waals surface area contributed by atoms with Crippen molar-refractivity contribution in [1.82, 2.24) is 10.3 Å². The van der Waals surface area contributed by atoms with E-state index >= 15 is 0 Å². The van der Waals surface area contributed by atoms with Gasteiger partial charge in [0, 0.05) is 28.2 Å². The number of H-pyrrole nitrogens is 1. The van der Waals surface area contributed by atoms with Crippen molar-refractivity contribution in [1.29, 1.82) is 0 Å². The third kappa shape index (κ3) is 4.55. The minimum Gasteiger partial charge on any atom is -0.496 e. The highest BCUT2D eigenvalue weighted by atomic mass is 35.5. The molecular formula is C20H20ClN3O3S. The van der Waals surface area contributed by atoms with Crippen molar-refractivity contribution in [2.45, 2.75) is 6.42 Å². The fourth-order valence-corrected chi connectivity index (χ4v) is 3.28. The Morgan fingerprint density at radius 2 is 1.89 bits per heavy atom. The van der Waals surface area contributed by atoms with Gasteiger partial charge in [-0.2, -0.15) is 0 Å². The van der Waals surface area contributed by atoms with Crippen LogP contribution in [0.4, 0.5) is 5.69 Å². The maximum Gasteiger partial charge on any atom is 0.251 e. The van der Waals surface area contributed by atoms with Gasteiger partial charge in [-0.1, -0.05) is 17.7 Å². The van der Waals surface area contributed by atoms with E-state index in [-0.39, 0.29) is 5.56 Å². The summed E-state index contributed by atoms with van der Waals surface area (Å²) < 4.78 is 10.7. The van der Waals surface area contributed by atoms with Crippen LogP contribution >= 0.6 is 23.8 Å². The highest BCUT2D eigenvalue weighted by molar-refractivity contribution is 7.80. The van der Waals surface area contributed by atoms with Gasteiger partial charge < -0.3 is 25.1 Å². The lowest BCUT2D eigenvalue weighted by Gasteiger charge is -2.12. The van der Waals surface area contributed by atoms with Crippen LogP contribution in [0.3, 0.4) is 0 Å². The van der Waals surface area contributed by atoms with Gasteiger partial charge in [0.25, 0.3) is 5.56 Å². The Bertz CT molecular complexity index is 1070. The lowest BCUT2D eigenvalue weighted by atomic mass is 10.1. The smallest absolute Gasteiger partial charge is 0.251 e. The molecule has 6 nitrogen and oxygen atoms in total. The second kappa shape index (κ2) is 8.95. The number of nitrogens with one attached hydrogen (secondary N) is 3. The molecule has 3 aromatic rings. The first-order valence-electron chi connectivity index (χ1n) is 8.59. The van der Waals surface area contributed by atoms with Gasteiger partial charge in [0.1, 0.15) is 11.5 Å². The van der Waals surface area contributed by atoms with Crippen LogP contribution in [0.5, 0.6) is 11.5 Å². The van der Waals surface area contributed by atoms with Crippen LogP contribution < -0.4 is 25.7 Å². The highest BCUT2D eigenvalue weighted by Gasteiger charge is 2.11. The van der Waals surface area contributed by atoms with E-state index in [4.69, 9.17) is 33.3 Å². The van der Waals surface area contributed by atoms with Gasteiger partial charge in [0.05, 0.1) is 19.7 Å². The van der Waals surface area contributed by atoms with Crippen molar-refractivity contribution in [2.24, 2.45) is 0 Å². The molecule has 28 heavy (non-hydrogen) atoms. The Labute approximate surface area is 172 Å². The zero-order chi connectivity index (χ0) is 20.1. The molecule has 8 heteroatoms. The van der Waals surface area contributed by atoms with Crippen LogP contribution in [0.1, 0.15) is 5.56 Å². The summed E-state index contributed by atoms with van der Waals surface area (Å²) in [5.41, 5.74) is 1.86. The first-order valence-corrected chi connectivity index (χ1v) is 9.37. The largest absolute Gasteiger partial charge is 0.496 e. The minimum absolute atomic E-state index is 0.172. The number of pyridine rings is 1. The number of anilines is 1. The highest BCUT2D eigenvalue weighted by Crippen LogP contribution is 2.31. The second-order valence-corrected chi connectivity index (χ2v) is 6.87. The molecule has 0 aliphatic heterocycles. The molecule has 0 saturated heterocycles. The van der Waals surface area contributed by atoms with Gasteiger partial charge >= 0.3 is 0 Å². The fourth-order valence-electron chi connectivity index (χ4n) is 2.87. The van der Waals surface area contributed by atoms with Crippen molar-refractivity contribution < 1.29 is 9.47 Å². The SMILES string of the molecule is COc1ccc(OC)c2[nH]c(=O)c(CCNC(=S)Nc3cccc(Cl)c3)cc12. The van der Waals surface area contributed by atoms with E-state index in [1.807, 2.05) is 24.3 Å². The molecule has 0 fully saturated rings. The van der Waals surface area contributed by atoms with Gasteiger partial charge in [0.2, 0.25) is 0 Å². The Kier molecular flexibility index (Phi) is 6.38. The van der Waals surface area contributed by atoms with Crippen molar-refractivity contribution >= 4 is 45.5 Å². The summed E-state index contributed by atoms with van der Waals surface area (Å²) in [6, 6.07) is 12.7. The van der Waals surface area contributed by atoms with Crippen LogP contribution in [-0.4, -0.2) is 30.9 Å². The maximum absolute atomic E-state index is 12.5. The average Bonchev–Trinajstić information content (AvgIpc) is 2.67. The molecule has 3 N–H and O–H groups in total. The van der Waals surface area contributed by atoms with Crippen molar-refractivity contribution in [2.75, 3.05) is 26.1 Å². The van der Waals surface area contributed by atoms with E-state index in [1.165, 1.54) is 0 Å². The molecule has 0 aliphatic rings. The number of thiocarbonyl (C=S) groups is 1. The van der Waals surface area contributed by atoms with E-state index < -0.39 is 0 Å². The van der Waals surface area contributed by atoms with Gasteiger partial charge in [0.15, 0.2) is 5.11 Å². The Balaban J connectivity index is 1.71. The molecule has 0 bridgehead atoms. The average molecular weight is 418 g/mol. The molecular weight excluding hydrogens is 398 g/mol. The summed E-state index contributed by atoms with van der Waals surface area (Å²) >= 11 is 11.3. The van der Waals surface area contributed by atoms with Crippen LogP contribution in [0.25, 0.3) is 10.9 Å². The number of aromatic amines is 1. The first kappa shape index (κ1) is 20.0. The summed E-state index contributed by atoms with van der Waals surface area (Å²) in [6.07, 6.45) is 0.489. The Hall–Kier alpha value is -2.77. The molecule has 0 spiro atoms. The normalized spacial score (nSPS) is 10.5. The number of hydrogen-bond donors (Lipinski definition) is 3. The van der Waals surface area contributed by atoms with Crippen molar-refractivity contribution in [3.8, 4) is 11.5 Å². The molecule has 0 aliphatic carbocycles. The van der Waals surface area contributed by atoms with E-state index in [0.717, 1.165) is 11.1 Å². The standard InChI is InChI=1S/C20H20ClN3O3S/c1-26-16-6-7-17(27-2)18-15(16)10-12(19(25)24-18)8-9-22-20(28)23-14-5-3-4-13(21)11-14/h3-7,10-11H,8-9H2,1-2H3,(H,24,25)(H2,22,23,28). The molecule has 0 saturated carbocycles. The van der Waals surface area contributed by atoms with E-state index in [2.05, 4.69) is 15.6 Å². The van der Waals surface area contributed by atoms with E-state index in [9.17, 15) is 4.79 Å². The maximum atomic E-state index is 12.5. The van der Waals surface area contributed by atoms with Crippen LogP contribution in [0, 0.1) is 0 Å². The summed E-state index contributed by atoms with van der Waals surface area (Å²) in [6.45, 7) is 0.493. The van der Waals surface area contributed by atoms with Gasteiger partial charge in [-0.25, -0.2) is 0 Å². The molecule has 0 unspecified atom stereocenters. The molecule has 1 aromatic heterocycles. The van der Waals surface area contributed by atoms with Crippen LogP contribution in [0.15, 0.2) is 47.3 Å². The zero-order valence-electron chi connectivity index (χ0n) is 15.5. The molecule has 2 aromatic carbocycles. The van der Waals surface area contributed by atoms with Gasteiger partial charge in [-0.3, -0.25) is 4.79 Å². The lowest BCUT2D eigenvalue weighted by Crippen LogP contribution is -2.31. The topological polar surface area (TPSA) is 75.4 Å². The van der Waals surface area contributed by atoms with E-state index in [0.29, 0.717) is 45.7 Å². The summed E-state index contributed by atoms with van der Waals surface area (Å²) in [5, 5.41) is 8.02. The summed E-state index contributed by atoms with van der Waals surface area (Å²) in [4.78, 5) is 15.3. The third-order valence-electron chi connectivity index (χ3n) is 4.22. The van der Waals surface area contributed by atoms with E-state index in [1.54, 1.807) is 32.4 Å². The number of halogens is 1. The number of benzene rings is 2. The lowest BCUT2D eigenvalue weighted by molar-refractivity contribution is 0.409. The first-order chi connectivity index (χ1) is 13.5. The quantitative estimate of drug-likeness (QED) is 0.531. The van der Waals surface area contributed by atoms with Gasteiger partial charge in [-0.15, -0.1) is 0 Å². The molecule has 146 valence electrons. The third-order valence-corrected chi connectivity index (χ3v) is 4.70. The monoisotopic (exact) mass is 417 g/mol. The number of aromatic nitrogens is 1. The fraction of sp³-hybridized carbons (Fsp3) is 0.200. The molecule has 0 atom stereocenters. The molecule has 1 heterocycles. The van der Waals surface area contributed by atoms with Crippen LogP contribution in [0.2, 0.25) is 5.02 Å². The Morgan fingerprint density at radius 1 is 1.14 bits per heavy atom. The van der Waals surface area contributed by atoms with Crippen molar-refractivity contribution in [3.05, 3.63) is 63.4 Å². The summed E-state index contributed by atoms with van der Waals surface area (Å²) in [5.74, 6) is 1.25. The predicted octanol–water partition coefficient (Wildman–Crippen LogP) is 3.73. The zero-order valence-corrected chi connectivity index (χ0v) is 17.0. The molecule has 0 radical (unpaired) electrons. The molecule has 0 amide bonds. The Morgan fingerprint density at radius 3 is 2.61 bits per heavy atom. The van der Waals surface area contributed by atoms with Crippen LogP contribution in [-0.2, 0) is 6.42 Å². The number of rotatable bonds is 6. The number of fused-ring (bicyclic) bond motifs is 1. The minimum atomic E-state index is -0.172. The predicted molar refractivity (Wildman–Crippen MR) is 117 cm³/mol. The molecule has 3 rings (SSSR count).